The van der Waals surface area contributed by atoms with Crippen molar-refractivity contribution in [2.75, 3.05) is 13.1 Å². The zero-order valence-corrected chi connectivity index (χ0v) is 19.1. The molecule has 0 bridgehead atoms. The van der Waals surface area contributed by atoms with E-state index in [4.69, 9.17) is 0 Å². The summed E-state index contributed by atoms with van der Waals surface area (Å²) >= 11 is 0. The van der Waals surface area contributed by atoms with Crippen LogP contribution < -0.4 is 0 Å². The second kappa shape index (κ2) is 11.3. The third-order valence-electron chi connectivity index (χ3n) is 7.37. The predicted octanol–water partition coefficient (Wildman–Crippen LogP) is 5.64. The SMILES string of the molecule is Cc1cnn(CC2CCN(C3CCC(CCCCCC(=O)C(C)C)CC3)CC2)c1. The minimum absolute atomic E-state index is 0.213. The molecule has 0 aromatic carbocycles. The van der Waals surface area contributed by atoms with Crippen LogP contribution in [0.4, 0.5) is 0 Å². The van der Waals surface area contributed by atoms with E-state index < -0.39 is 0 Å². The summed E-state index contributed by atoms with van der Waals surface area (Å²) in [5, 5.41) is 4.47. The van der Waals surface area contributed by atoms with Crippen LogP contribution in [0.3, 0.4) is 0 Å². The van der Waals surface area contributed by atoms with Gasteiger partial charge in [-0.2, -0.15) is 5.10 Å². The van der Waals surface area contributed by atoms with Gasteiger partial charge in [0, 0.05) is 31.1 Å². The summed E-state index contributed by atoms with van der Waals surface area (Å²) in [6, 6.07) is 0.836. The van der Waals surface area contributed by atoms with Gasteiger partial charge in [-0.3, -0.25) is 9.48 Å². The van der Waals surface area contributed by atoms with Crippen molar-refractivity contribution in [1.82, 2.24) is 14.7 Å². The summed E-state index contributed by atoms with van der Waals surface area (Å²) in [5.41, 5.74) is 1.27. The Morgan fingerprint density at radius 2 is 1.76 bits per heavy atom. The van der Waals surface area contributed by atoms with Gasteiger partial charge in [-0.1, -0.05) is 33.1 Å². The molecule has 1 aromatic rings. The van der Waals surface area contributed by atoms with E-state index in [0.29, 0.717) is 5.78 Å². The van der Waals surface area contributed by atoms with E-state index >= 15 is 0 Å². The van der Waals surface area contributed by atoms with Gasteiger partial charge in [0.1, 0.15) is 5.78 Å². The first-order chi connectivity index (χ1) is 14.0. The number of carbonyl (C=O) groups excluding carboxylic acids is 1. The molecule has 1 aliphatic heterocycles. The minimum atomic E-state index is 0.213. The first-order valence-electron chi connectivity index (χ1n) is 12.3. The van der Waals surface area contributed by atoms with E-state index in [9.17, 15) is 4.79 Å². The van der Waals surface area contributed by atoms with Crippen LogP contribution in [-0.4, -0.2) is 39.6 Å². The zero-order valence-electron chi connectivity index (χ0n) is 19.1. The average molecular weight is 402 g/mol. The number of aryl methyl sites for hydroxylation is 1. The van der Waals surface area contributed by atoms with Crippen molar-refractivity contribution >= 4 is 5.78 Å². The molecule has 3 rings (SSSR count). The molecule has 0 amide bonds. The number of Topliss-reactive ketones (excluding diaryl/α,β-unsaturated/α-hetero) is 1. The van der Waals surface area contributed by atoms with Crippen molar-refractivity contribution in [3.05, 3.63) is 18.0 Å². The fourth-order valence-electron chi connectivity index (χ4n) is 5.33. The lowest BCUT2D eigenvalue weighted by atomic mass is 9.81. The maximum Gasteiger partial charge on any atom is 0.135 e. The van der Waals surface area contributed by atoms with E-state index in [2.05, 4.69) is 27.8 Å². The maximum atomic E-state index is 11.7. The molecule has 0 atom stereocenters. The first-order valence-corrected chi connectivity index (χ1v) is 12.3. The summed E-state index contributed by atoms with van der Waals surface area (Å²) in [5.74, 6) is 2.39. The molecule has 1 saturated carbocycles. The van der Waals surface area contributed by atoms with Crippen molar-refractivity contribution in [3.63, 3.8) is 0 Å². The van der Waals surface area contributed by atoms with Crippen LogP contribution in [0, 0.1) is 24.7 Å². The highest BCUT2D eigenvalue weighted by molar-refractivity contribution is 5.80. The Hall–Kier alpha value is -1.16. The van der Waals surface area contributed by atoms with Crippen molar-refractivity contribution in [2.24, 2.45) is 17.8 Å². The number of unbranched alkanes of at least 4 members (excludes halogenated alkanes) is 2. The predicted molar refractivity (Wildman–Crippen MR) is 120 cm³/mol. The smallest absolute Gasteiger partial charge is 0.135 e. The highest BCUT2D eigenvalue weighted by atomic mass is 16.1. The van der Waals surface area contributed by atoms with E-state index in [1.807, 2.05) is 20.0 Å². The van der Waals surface area contributed by atoms with E-state index in [-0.39, 0.29) is 5.92 Å². The Bertz CT molecular complexity index is 607. The molecule has 2 aliphatic rings. The van der Waals surface area contributed by atoms with Gasteiger partial charge < -0.3 is 4.90 Å². The number of aromatic nitrogens is 2. The van der Waals surface area contributed by atoms with Gasteiger partial charge in [-0.25, -0.2) is 0 Å². The summed E-state index contributed by atoms with van der Waals surface area (Å²) in [4.78, 5) is 14.5. The molecule has 2 fully saturated rings. The summed E-state index contributed by atoms with van der Waals surface area (Å²) < 4.78 is 2.14. The standard InChI is InChI=1S/C25H43N3O/c1-20(2)25(29)8-6-4-5-7-22-9-11-24(12-10-22)27-15-13-23(14-16-27)19-28-18-21(3)17-26-28/h17-18,20,22-24H,4-16,19H2,1-3H3. The number of piperidine rings is 1. The number of ketones is 1. The highest BCUT2D eigenvalue weighted by Crippen LogP contribution is 2.33. The Labute approximate surface area is 178 Å². The largest absolute Gasteiger partial charge is 0.300 e. The van der Waals surface area contributed by atoms with Crippen LogP contribution in [0.2, 0.25) is 0 Å². The van der Waals surface area contributed by atoms with E-state index in [0.717, 1.165) is 37.3 Å². The van der Waals surface area contributed by atoms with Crippen LogP contribution in [0.1, 0.15) is 90.0 Å². The third kappa shape index (κ3) is 7.24. The lowest BCUT2D eigenvalue weighted by molar-refractivity contribution is -0.122. The molecule has 164 valence electrons. The van der Waals surface area contributed by atoms with Crippen molar-refractivity contribution in [3.8, 4) is 0 Å². The van der Waals surface area contributed by atoms with Crippen LogP contribution in [0.5, 0.6) is 0 Å². The second-order valence-electron chi connectivity index (χ2n) is 10.1. The summed E-state index contributed by atoms with van der Waals surface area (Å²) in [6.45, 7) is 9.81. The van der Waals surface area contributed by atoms with Crippen LogP contribution >= 0.6 is 0 Å². The lowest BCUT2D eigenvalue weighted by Crippen LogP contribution is -2.43. The van der Waals surface area contributed by atoms with Crippen molar-refractivity contribution in [2.45, 2.75) is 104 Å². The molecule has 0 spiro atoms. The lowest BCUT2D eigenvalue weighted by Gasteiger charge is -2.41. The molecule has 2 heterocycles. The quantitative estimate of drug-likeness (QED) is 0.476. The van der Waals surface area contributed by atoms with Gasteiger partial charge >= 0.3 is 0 Å². The number of rotatable bonds is 10. The molecular formula is C25H43N3O. The van der Waals surface area contributed by atoms with E-state index in [1.165, 1.54) is 76.4 Å². The Morgan fingerprint density at radius 3 is 2.38 bits per heavy atom. The third-order valence-corrected chi connectivity index (χ3v) is 7.37. The van der Waals surface area contributed by atoms with Crippen molar-refractivity contribution < 1.29 is 4.79 Å². The molecule has 0 unspecified atom stereocenters. The topological polar surface area (TPSA) is 38.1 Å². The zero-order chi connectivity index (χ0) is 20.6. The molecule has 1 aliphatic carbocycles. The van der Waals surface area contributed by atoms with E-state index in [1.54, 1.807) is 0 Å². The van der Waals surface area contributed by atoms with Gasteiger partial charge in [-0.05, 0) is 82.4 Å². The molecule has 4 nitrogen and oxygen atoms in total. The molecule has 1 saturated heterocycles. The second-order valence-corrected chi connectivity index (χ2v) is 10.1. The number of hydrogen-bond donors (Lipinski definition) is 0. The molecule has 1 aromatic heterocycles. The van der Waals surface area contributed by atoms with Gasteiger partial charge in [0.25, 0.3) is 0 Å². The summed E-state index contributed by atoms with van der Waals surface area (Å²) in [7, 11) is 0. The monoisotopic (exact) mass is 401 g/mol. The van der Waals surface area contributed by atoms with Crippen molar-refractivity contribution in [1.29, 1.82) is 0 Å². The number of hydrogen-bond acceptors (Lipinski definition) is 3. The van der Waals surface area contributed by atoms with Gasteiger partial charge in [0.2, 0.25) is 0 Å². The average Bonchev–Trinajstić information content (AvgIpc) is 3.13. The fraction of sp³-hybridized carbons (Fsp3) is 0.840. The summed E-state index contributed by atoms with van der Waals surface area (Å²) in [6.07, 6.45) is 18.3. The van der Waals surface area contributed by atoms with Crippen LogP contribution in [0.25, 0.3) is 0 Å². The Morgan fingerprint density at radius 1 is 1.03 bits per heavy atom. The molecule has 29 heavy (non-hydrogen) atoms. The molecule has 4 heteroatoms. The van der Waals surface area contributed by atoms with Gasteiger partial charge in [-0.15, -0.1) is 0 Å². The Kier molecular flexibility index (Phi) is 8.77. The van der Waals surface area contributed by atoms with Gasteiger partial charge in [0.05, 0.1) is 6.20 Å². The number of likely N-dealkylation sites (tertiary alicyclic amines) is 1. The minimum Gasteiger partial charge on any atom is -0.300 e. The maximum absolute atomic E-state index is 11.7. The van der Waals surface area contributed by atoms with Gasteiger partial charge in [0.15, 0.2) is 0 Å². The fourth-order valence-corrected chi connectivity index (χ4v) is 5.33. The first kappa shape index (κ1) is 22.5. The van der Waals surface area contributed by atoms with Crippen LogP contribution in [-0.2, 0) is 11.3 Å². The highest BCUT2D eigenvalue weighted by Gasteiger charge is 2.29. The number of nitrogens with zero attached hydrogens (tertiary/aromatic N) is 3. The normalized spacial score (nSPS) is 24.3. The van der Waals surface area contributed by atoms with Crippen LogP contribution in [0.15, 0.2) is 12.4 Å². The number of carbonyl (C=O) groups is 1. The molecular weight excluding hydrogens is 358 g/mol. The molecule has 0 radical (unpaired) electrons. The molecule has 0 N–H and O–H groups in total. The Balaban J connectivity index is 1.26.